The number of primary amides is 1. The van der Waals surface area contributed by atoms with Crippen molar-refractivity contribution in [3.05, 3.63) is 71.0 Å². The van der Waals surface area contributed by atoms with Crippen LogP contribution in [0.3, 0.4) is 0 Å². The number of ether oxygens (including phenoxy) is 1. The molecule has 2 atom stereocenters. The third-order valence-corrected chi connectivity index (χ3v) is 9.70. The zero-order valence-electron chi connectivity index (χ0n) is 20.3. The van der Waals surface area contributed by atoms with Gasteiger partial charge in [0.25, 0.3) is 0 Å². The van der Waals surface area contributed by atoms with Gasteiger partial charge in [0.2, 0.25) is 21.8 Å². The number of hydrogen-bond donors (Lipinski definition) is 2. The maximum Gasteiger partial charge on any atom is 0.236 e. The van der Waals surface area contributed by atoms with Crippen molar-refractivity contribution in [2.45, 2.75) is 55.9 Å². The Labute approximate surface area is 211 Å². The number of nitrogens with two attached hydrogens (primary N) is 1. The maximum atomic E-state index is 15.4. The first-order valence-electron chi connectivity index (χ1n) is 12.1. The van der Waals surface area contributed by atoms with Gasteiger partial charge in [0.05, 0.1) is 12.0 Å². The van der Waals surface area contributed by atoms with Crippen molar-refractivity contribution in [3.63, 3.8) is 0 Å². The van der Waals surface area contributed by atoms with E-state index >= 15 is 4.39 Å². The Bertz CT molecular complexity index is 1220. The highest BCUT2D eigenvalue weighted by Gasteiger charge is 2.43. The van der Waals surface area contributed by atoms with E-state index in [-0.39, 0.29) is 24.7 Å². The number of sulfonamides is 1. The Morgan fingerprint density at radius 2 is 1.83 bits per heavy atom. The summed E-state index contributed by atoms with van der Waals surface area (Å²) in [7, 11) is -3.71. The Kier molecular flexibility index (Phi) is 7.77. The topological polar surface area (TPSA) is 119 Å². The molecule has 2 saturated heterocycles. The molecule has 0 unspecified atom stereocenters. The van der Waals surface area contributed by atoms with E-state index < -0.39 is 38.3 Å². The Morgan fingerprint density at radius 1 is 1.14 bits per heavy atom. The number of nitrogens with one attached hydrogen (secondary N) is 1. The molecule has 2 aliphatic heterocycles. The molecule has 8 nitrogen and oxygen atoms in total. The lowest BCUT2D eigenvalue weighted by Gasteiger charge is -2.38. The predicted octanol–water partition coefficient (Wildman–Crippen LogP) is 2.53. The van der Waals surface area contributed by atoms with Crippen LogP contribution in [0.2, 0.25) is 0 Å². The summed E-state index contributed by atoms with van der Waals surface area (Å²) in [6, 6.07) is 13.4. The Hall–Kier alpha value is -2.82. The van der Waals surface area contributed by atoms with Crippen LogP contribution in [0.5, 0.6) is 0 Å². The molecule has 2 aliphatic rings. The second-order valence-corrected chi connectivity index (χ2v) is 11.6. The summed E-state index contributed by atoms with van der Waals surface area (Å²) in [5.41, 5.74) is 5.55. The molecule has 0 aromatic heterocycles. The number of halogens is 1. The number of carbonyl (C=O) groups excluding carboxylic acids is 2. The molecule has 36 heavy (non-hydrogen) atoms. The van der Waals surface area contributed by atoms with E-state index in [9.17, 15) is 18.0 Å². The summed E-state index contributed by atoms with van der Waals surface area (Å²) >= 11 is 0. The van der Waals surface area contributed by atoms with E-state index in [0.29, 0.717) is 44.5 Å². The number of nitrogens with zero attached hydrogens (tertiary/aromatic N) is 1. The van der Waals surface area contributed by atoms with Crippen LogP contribution in [0.1, 0.15) is 54.5 Å². The predicted molar refractivity (Wildman–Crippen MR) is 133 cm³/mol. The van der Waals surface area contributed by atoms with Crippen molar-refractivity contribution in [3.8, 4) is 0 Å². The first-order chi connectivity index (χ1) is 17.1. The first-order valence-corrected chi connectivity index (χ1v) is 13.6. The maximum absolute atomic E-state index is 15.4. The van der Waals surface area contributed by atoms with Crippen LogP contribution in [0, 0.1) is 5.82 Å². The van der Waals surface area contributed by atoms with Crippen LogP contribution in [-0.4, -0.2) is 50.3 Å². The molecule has 0 bridgehead atoms. The Morgan fingerprint density at radius 3 is 2.47 bits per heavy atom. The van der Waals surface area contributed by atoms with Crippen molar-refractivity contribution in [1.29, 1.82) is 0 Å². The van der Waals surface area contributed by atoms with Gasteiger partial charge in [-0.3, -0.25) is 9.59 Å². The van der Waals surface area contributed by atoms with E-state index in [2.05, 4.69) is 5.32 Å². The average molecular weight is 518 g/mol. The molecule has 0 spiro atoms. The smallest absolute Gasteiger partial charge is 0.236 e. The molecule has 2 fully saturated rings. The lowest BCUT2D eigenvalue weighted by Crippen LogP contribution is -2.50. The van der Waals surface area contributed by atoms with Crippen molar-refractivity contribution < 1.29 is 27.1 Å². The summed E-state index contributed by atoms with van der Waals surface area (Å²) in [6.45, 7) is 2.07. The Balaban J connectivity index is 1.61. The zero-order chi connectivity index (χ0) is 25.9. The van der Waals surface area contributed by atoms with Crippen LogP contribution in [0.25, 0.3) is 0 Å². The molecule has 0 saturated carbocycles. The fourth-order valence-corrected chi connectivity index (χ4v) is 7.38. The molecular weight excluding hydrogens is 485 g/mol. The largest absolute Gasteiger partial charge is 0.381 e. The van der Waals surface area contributed by atoms with Crippen molar-refractivity contribution in [2.75, 3.05) is 19.8 Å². The van der Waals surface area contributed by atoms with Crippen LogP contribution in [0.4, 0.5) is 4.39 Å². The van der Waals surface area contributed by atoms with E-state index in [0.717, 1.165) is 5.56 Å². The van der Waals surface area contributed by atoms with E-state index in [1.807, 2.05) is 37.3 Å². The molecule has 2 aromatic rings. The van der Waals surface area contributed by atoms with E-state index in [1.54, 1.807) is 12.1 Å². The zero-order valence-corrected chi connectivity index (χ0v) is 21.1. The third kappa shape index (κ3) is 5.16. The average Bonchev–Trinajstić information content (AvgIpc) is 2.86. The number of rotatable bonds is 7. The minimum Gasteiger partial charge on any atom is -0.381 e. The van der Waals surface area contributed by atoms with Gasteiger partial charge in [0.1, 0.15) is 11.1 Å². The van der Waals surface area contributed by atoms with Crippen LogP contribution in [-0.2, 0) is 36.3 Å². The van der Waals surface area contributed by atoms with Gasteiger partial charge < -0.3 is 15.8 Å². The quantitative estimate of drug-likeness (QED) is 0.585. The monoisotopic (exact) mass is 517 g/mol. The molecule has 3 N–H and O–H groups in total. The van der Waals surface area contributed by atoms with Crippen molar-refractivity contribution in [1.82, 2.24) is 9.62 Å². The third-order valence-electron chi connectivity index (χ3n) is 7.33. The first kappa shape index (κ1) is 26.2. The second-order valence-electron chi connectivity index (χ2n) is 9.57. The molecule has 0 aliphatic carbocycles. The van der Waals surface area contributed by atoms with Gasteiger partial charge in [-0.1, -0.05) is 42.5 Å². The van der Waals surface area contributed by atoms with Gasteiger partial charge in [0, 0.05) is 31.4 Å². The van der Waals surface area contributed by atoms with Crippen LogP contribution < -0.4 is 11.1 Å². The molecular formula is C26H32FN3O5S. The molecule has 0 radical (unpaired) electrons. The van der Waals surface area contributed by atoms with Gasteiger partial charge >= 0.3 is 0 Å². The van der Waals surface area contributed by atoms with Gasteiger partial charge in [-0.2, -0.15) is 4.31 Å². The van der Waals surface area contributed by atoms with Gasteiger partial charge in [-0.15, -0.1) is 0 Å². The number of hydrogen-bond acceptors (Lipinski definition) is 5. The summed E-state index contributed by atoms with van der Waals surface area (Å²) in [4.78, 5) is 24.2. The number of amides is 2. The number of benzene rings is 2. The van der Waals surface area contributed by atoms with Gasteiger partial charge in [-0.25, -0.2) is 12.8 Å². The lowest BCUT2D eigenvalue weighted by atomic mass is 9.73. The normalized spacial score (nSPS) is 23.6. The molecule has 10 heteroatoms. The minimum absolute atomic E-state index is 0.0943. The lowest BCUT2D eigenvalue weighted by molar-refractivity contribution is -0.132. The summed E-state index contributed by atoms with van der Waals surface area (Å²) in [5, 5.41) is 1.88. The summed E-state index contributed by atoms with van der Waals surface area (Å²) in [5.74, 6) is -1.65. The standard InChI is InChI=1S/C26H32FN3O5S/c1-18-7-10-23(19-5-3-2-4-6-19)36(33,34)30(18)17-20-8-9-21(15-22(20)27)26(11-13-35-14-12-26)25(32)29-16-24(28)31/h2-6,8-9,15,18,23H,7,10-14,16-17H2,1H3,(H2,28,31)(H,29,32)/t18-,23+/m0/s1. The van der Waals surface area contributed by atoms with E-state index in [1.165, 1.54) is 10.4 Å². The molecule has 2 heterocycles. The molecule has 194 valence electrons. The molecule has 4 rings (SSSR count). The van der Waals surface area contributed by atoms with Crippen LogP contribution in [0.15, 0.2) is 48.5 Å². The summed E-state index contributed by atoms with van der Waals surface area (Å²) in [6.07, 6.45) is 1.83. The van der Waals surface area contributed by atoms with E-state index in [4.69, 9.17) is 10.5 Å². The van der Waals surface area contributed by atoms with Crippen LogP contribution >= 0.6 is 0 Å². The minimum atomic E-state index is -3.71. The van der Waals surface area contributed by atoms with Gasteiger partial charge in [0.15, 0.2) is 0 Å². The fraction of sp³-hybridized carbons (Fsp3) is 0.462. The van der Waals surface area contributed by atoms with Crippen molar-refractivity contribution in [2.24, 2.45) is 5.73 Å². The highest BCUT2D eigenvalue weighted by Crippen LogP contribution is 2.39. The molecule has 2 aromatic carbocycles. The summed E-state index contributed by atoms with van der Waals surface area (Å²) < 4.78 is 49.3. The second kappa shape index (κ2) is 10.7. The highest BCUT2D eigenvalue weighted by molar-refractivity contribution is 7.89. The SMILES string of the molecule is C[C@H]1CC[C@H](c2ccccc2)S(=O)(=O)N1Cc1ccc(C2(C(=O)NCC(N)=O)CCOCC2)cc1F. The fourth-order valence-electron chi connectivity index (χ4n) is 5.20. The van der Waals surface area contributed by atoms with Crippen molar-refractivity contribution >= 4 is 21.8 Å². The molecule has 2 amide bonds. The van der Waals surface area contributed by atoms with Gasteiger partial charge in [-0.05, 0) is 49.8 Å². The highest BCUT2D eigenvalue weighted by atomic mass is 32.2. The number of carbonyl (C=O) groups is 2.